The highest BCUT2D eigenvalue weighted by Gasteiger charge is 2.45. The zero-order chi connectivity index (χ0) is 22.8. The lowest BCUT2D eigenvalue weighted by atomic mass is 9.91. The molecule has 1 aliphatic heterocycles. The number of anilines is 1. The van der Waals surface area contributed by atoms with Crippen molar-refractivity contribution in [2.24, 2.45) is 5.92 Å². The summed E-state index contributed by atoms with van der Waals surface area (Å²) >= 11 is 0. The van der Waals surface area contributed by atoms with Crippen molar-refractivity contribution in [3.8, 4) is 16.9 Å². The fourth-order valence-corrected chi connectivity index (χ4v) is 4.07. The number of benzene rings is 2. The number of carbonyl (C=O) groups is 2. The number of methoxy groups -OCH3 is 1. The van der Waals surface area contributed by atoms with Crippen LogP contribution >= 0.6 is 0 Å². The van der Waals surface area contributed by atoms with Crippen LogP contribution in [0, 0.1) is 5.92 Å². The summed E-state index contributed by atoms with van der Waals surface area (Å²) in [5.41, 5.74) is 3.15. The molecule has 1 amide bonds. The van der Waals surface area contributed by atoms with Crippen LogP contribution < -0.4 is 9.64 Å². The van der Waals surface area contributed by atoms with Gasteiger partial charge in [0.25, 0.3) is 5.91 Å². The minimum atomic E-state index is -0.787. The van der Waals surface area contributed by atoms with Gasteiger partial charge in [0, 0.05) is 23.2 Å². The third-order valence-corrected chi connectivity index (χ3v) is 5.54. The third-order valence-electron chi connectivity index (χ3n) is 5.54. The number of rotatable bonds is 7. The minimum Gasteiger partial charge on any atom is -0.503 e. The largest absolute Gasteiger partial charge is 0.503 e. The molecular formula is C26H25NO5. The lowest BCUT2D eigenvalue weighted by Gasteiger charge is -2.28. The van der Waals surface area contributed by atoms with Gasteiger partial charge in [-0.25, -0.2) is 0 Å². The number of ketones is 1. The van der Waals surface area contributed by atoms with Gasteiger partial charge in [-0.15, -0.1) is 0 Å². The smallest absolute Gasteiger partial charge is 0.294 e. The zero-order valence-corrected chi connectivity index (χ0v) is 18.2. The summed E-state index contributed by atoms with van der Waals surface area (Å²) < 4.78 is 10.7. The molecule has 2 heterocycles. The molecule has 4 rings (SSSR count). The molecule has 0 fully saturated rings. The molecule has 2 aromatic carbocycles. The second kappa shape index (κ2) is 8.75. The number of ether oxygens (including phenoxy) is 1. The second-order valence-corrected chi connectivity index (χ2v) is 8.16. The van der Waals surface area contributed by atoms with Gasteiger partial charge < -0.3 is 14.3 Å². The van der Waals surface area contributed by atoms with Crippen LogP contribution in [0.4, 0.5) is 5.69 Å². The minimum absolute atomic E-state index is 0.0829. The van der Waals surface area contributed by atoms with Crippen molar-refractivity contribution >= 4 is 17.4 Å². The number of para-hydroxylation sites is 1. The molecule has 1 N–H and O–H groups in total. The van der Waals surface area contributed by atoms with Crippen molar-refractivity contribution in [3.05, 3.63) is 84.0 Å². The van der Waals surface area contributed by atoms with Crippen LogP contribution in [-0.2, 0) is 9.59 Å². The van der Waals surface area contributed by atoms with Crippen LogP contribution in [-0.4, -0.2) is 23.9 Å². The molecule has 164 valence electrons. The third kappa shape index (κ3) is 3.80. The van der Waals surface area contributed by atoms with Crippen LogP contribution in [0.15, 0.2) is 82.9 Å². The molecule has 0 bridgehead atoms. The predicted molar refractivity (Wildman–Crippen MR) is 121 cm³/mol. The van der Waals surface area contributed by atoms with Crippen molar-refractivity contribution in [2.45, 2.75) is 26.3 Å². The summed E-state index contributed by atoms with van der Waals surface area (Å²) in [5.74, 6) is -0.747. The first-order valence-electron chi connectivity index (χ1n) is 10.5. The van der Waals surface area contributed by atoms with Crippen LogP contribution in [0.2, 0.25) is 0 Å². The van der Waals surface area contributed by atoms with E-state index in [-0.39, 0.29) is 23.7 Å². The molecule has 1 atom stereocenters. The van der Waals surface area contributed by atoms with E-state index >= 15 is 0 Å². The fraction of sp³-hybridized carbons (Fsp3) is 0.231. The summed E-state index contributed by atoms with van der Waals surface area (Å²) in [6, 6.07) is 15.6. The molecule has 1 aromatic heterocycles. The number of carbonyl (C=O) groups excluding carboxylic acids is 2. The Morgan fingerprint density at radius 2 is 1.81 bits per heavy atom. The molecule has 0 saturated carbocycles. The molecule has 6 nitrogen and oxygen atoms in total. The average Bonchev–Trinajstić information content (AvgIpc) is 3.41. The molecule has 0 aliphatic carbocycles. The number of hydrogen-bond donors (Lipinski definition) is 1. The average molecular weight is 431 g/mol. The molecule has 6 heteroatoms. The number of aliphatic hydroxyl groups is 1. The van der Waals surface area contributed by atoms with Gasteiger partial charge in [0.1, 0.15) is 5.75 Å². The predicted octanol–water partition coefficient (Wildman–Crippen LogP) is 5.47. The van der Waals surface area contributed by atoms with E-state index in [1.807, 2.05) is 50.2 Å². The number of amides is 1. The summed E-state index contributed by atoms with van der Waals surface area (Å²) in [6.07, 6.45) is 3.47. The quantitative estimate of drug-likeness (QED) is 0.537. The highest BCUT2D eigenvalue weighted by atomic mass is 16.5. The Hall–Kier alpha value is -3.80. The topological polar surface area (TPSA) is 80.0 Å². The zero-order valence-electron chi connectivity index (χ0n) is 18.2. The number of Topliss-reactive ketones (excluding diaryl/α,β-unsaturated/α-hetero) is 1. The normalized spacial score (nSPS) is 16.2. The first-order chi connectivity index (χ1) is 15.4. The highest BCUT2D eigenvalue weighted by Crippen LogP contribution is 2.44. The van der Waals surface area contributed by atoms with Gasteiger partial charge in [0.15, 0.2) is 11.5 Å². The molecular weight excluding hydrogens is 406 g/mol. The summed E-state index contributed by atoms with van der Waals surface area (Å²) in [7, 11) is 1.54. The molecule has 0 spiro atoms. The van der Waals surface area contributed by atoms with E-state index in [1.54, 1.807) is 37.8 Å². The molecule has 0 saturated heterocycles. The van der Waals surface area contributed by atoms with Gasteiger partial charge in [-0.3, -0.25) is 14.5 Å². The van der Waals surface area contributed by atoms with E-state index in [1.165, 1.54) is 4.90 Å². The fourth-order valence-electron chi connectivity index (χ4n) is 4.07. The summed E-state index contributed by atoms with van der Waals surface area (Å²) in [6.45, 7) is 3.85. The van der Waals surface area contributed by atoms with Gasteiger partial charge >= 0.3 is 0 Å². The first kappa shape index (κ1) is 21.4. The van der Waals surface area contributed by atoms with E-state index in [9.17, 15) is 14.7 Å². The van der Waals surface area contributed by atoms with Crippen LogP contribution in [0.3, 0.4) is 0 Å². The lowest BCUT2D eigenvalue weighted by Crippen LogP contribution is -2.31. The van der Waals surface area contributed by atoms with Crippen LogP contribution in [0.1, 0.15) is 31.9 Å². The SMILES string of the molecule is COc1ccccc1C1C(C(=O)CC(C)C)=C(O)C(=O)N1c1ccc(-c2ccoc2)cc1. The van der Waals surface area contributed by atoms with E-state index in [4.69, 9.17) is 9.15 Å². The number of aliphatic hydroxyl groups excluding tert-OH is 1. The van der Waals surface area contributed by atoms with Gasteiger partial charge in [0.05, 0.1) is 31.3 Å². The molecule has 1 unspecified atom stereocenters. The Labute approximate surface area is 186 Å². The first-order valence-corrected chi connectivity index (χ1v) is 10.5. The molecule has 3 aromatic rings. The van der Waals surface area contributed by atoms with Gasteiger partial charge in [-0.05, 0) is 35.7 Å². The van der Waals surface area contributed by atoms with E-state index < -0.39 is 17.7 Å². The van der Waals surface area contributed by atoms with E-state index in [0.29, 0.717) is 17.0 Å². The Kier molecular flexibility index (Phi) is 5.86. The van der Waals surface area contributed by atoms with E-state index in [2.05, 4.69) is 0 Å². The number of nitrogens with zero attached hydrogens (tertiary/aromatic N) is 1. The standard InChI is InChI=1S/C26H25NO5/c1-16(2)14-21(28)23-24(20-6-4-5-7-22(20)31-3)27(26(30)25(23)29)19-10-8-17(9-11-19)18-12-13-32-15-18/h4-13,15-16,24,29H,14H2,1-3H3. The van der Waals surface area contributed by atoms with Gasteiger partial charge in [-0.1, -0.05) is 44.2 Å². The van der Waals surface area contributed by atoms with Crippen LogP contribution in [0.5, 0.6) is 5.75 Å². The Balaban J connectivity index is 1.82. The molecule has 1 aliphatic rings. The molecule has 32 heavy (non-hydrogen) atoms. The monoisotopic (exact) mass is 431 g/mol. The van der Waals surface area contributed by atoms with Crippen molar-refractivity contribution in [2.75, 3.05) is 12.0 Å². The number of hydrogen-bond acceptors (Lipinski definition) is 5. The maximum Gasteiger partial charge on any atom is 0.294 e. The van der Waals surface area contributed by atoms with Crippen molar-refractivity contribution < 1.29 is 23.8 Å². The van der Waals surface area contributed by atoms with E-state index in [0.717, 1.165) is 11.1 Å². The summed E-state index contributed by atoms with van der Waals surface area (Å²) in [4.78, 5) is 27.8. The van der Waals surface area contributed by atoms with Crippen molar-refractivity contribution in [3.63, 3.8) is 0 Å². The second-order valence-electron chi connectivity index (χ2n) is 8.16. The maximum atomic E-state index is 13.2. The Bertz CT molecular complexity index is 1160. The Morgan fingerprint density at radius 1 is 1.09 bits per heavy atom. The highest BCUT2D eigenvalue weighted by molar-refractivity contribution is 6.16. The number of furan rings is 1. The maximum absolute atomic E-state index is 13.2. The van der Waals surface area contributed by atoms with Gasteiger partial charge in [0.2, 0.25) is 0 Å². The van der Waals surface area contributed by atoms with Crippen LogP contribution in [0.25, 0.3) is 11.1 Å². The van der Waals surface area contributed by atoms with Crippen molar-refractivity contribution in [1.82, 2.24) is 0 Å². The Morgan fingerprint density at radius 3 is 2.44 bits per heavy atom. The lowest BCUT2D eigenvalue weighted by molar-refractivity contribution is -0.118. The summed E-state index contributed by atoms with van der Waals surface area (Å²) in [5, 5.41) is 10.8. The van der Waals surface area contributed by atoms with Crippen molar-refractivity contribution in [1.29, 1.82) is 0 Å². The van der Waals surface area contributed by atoms with Gasteiger partial charge in [-0.2, -0.15) is 0 Å². The molecule has 0 radical (unpaired) electrons.